The van der Waals surface area contributed by atoms with Crippen molar-refractivity contribution in [2.45, 2.75) is 76.3 Å². The van der Waals surface area contributed by atoms with Crippen molar-refractivity contribution in [3.63, 3.8) is 0 Å². The molecule has 0 aliphatic rings. The molecule has 0 radical (unpaired) electrons. The van der Waals surface area contributed by atoms with Crippen LogP contribution in [-0.2, 0) is 66.7 Å². The van der Waals surface area contributed by atoms with Gasteiger partial charge in [-0.15, -0.1) is 0 Å². The fourth-order valence-electron chi connectivity index (χ4n) is 6.33. The van der Waals surface area contributed by atoms with Crippen molar-refractivity contribution in [3.8, 4) is 0 Å². The highest BCUT2D eigenvalue weighted by Gasteiger charge is 2.21. The number of primary amides is 1. The third-order valence-electron chi connectivity index (χ3n) is 10.2. The third kappa shape index (κ3) is 40.0. The Hall–Kier alpha value is -3.70. The van der Waals surface area contributed by atoms with Crippen LogP contribution in [0.15, 0.2) is 0 Å². The van der Waals surface area contributed by atoms with Gasteiger partial charge in [0.15, 0.2) is 0 Å². The summed E-state index contributed by atoms with van der Waals surface area (Å²) in [6.07, 6.45) is 3.73. The van der Waals surface area contributed by atoms with E-state index in [1.165, 1.54) is 0 Å². The van der Waals surface area contributed by atoms with Gasteiger partial charge in [0.05, 0.1) is 125 Å². The lowest BCUT2D eigenvalue weighted by molar-refractivity contribution is -0.134. The Morgan fingerprint density at radius 2 is 0.786 bits per heavy atom. The van der Waals surface area contributed by atoms with Gasteiger partial charge in [0, 0.05) is 78.3 Å². The number of unbranched alkanes of at least 4 members (excludes halogenated alkanes) is 2. The van der Waals surface area contributed by atoms with Crippen molar-refractivity contribution in [2.75, 3.05) is 178 Å². The maximum Gasteiger partial charge on any atom is 0.242 e. The Labute approximate surface area is 415 Å². The smallest absolute Gasteiger partial charge is 0.242 e. The minimum Gasteiger partial charge on any atom is -0.379 e. The maximum absolute atomic E-state index is 13.2. The molecule has 0 rings (SSSR count). The highest BCUT2D eigenvalue weighted by atomic mass is 16.5. The molecule has 2 atom stereocenters. The fourth-order valence-corrected chi connectivity index (χ4v) is 6.33. The first-order valence-corrected chi connectivity index (χ1v) is 24.8. The predicted octanol–water partition coefficient (Wildman–Crippen LogP) is -3.70. The summed E-state index contributed by atoms with van der Waals surface area (Å²) in [7, 11) is 1.66. The average molecular weight is 1010 g/mol. The molecule has 410 valence electrons. The van der Waals surface area contributed by atoms with E-state index in [1.54, 1.807) is 16.8 Å². The molecule has 0 aromatic heterocycles. The molecule has 0 spiro atoms. The normalized spacial score (nSPS) is 12.1. The highest BCUT2D eigenvalue weighted by Crippen LogP contribution is 2.05. The number of nitrogens with zero attached hydrogens (tertiary/aromatic N) is 2. The van der Waals surface area contributed by atoms with Gasteiger partial charge in [-0.25, -0.2) is 0 Å². The number of hydrogen-bond acceptors (Lipinski definition) is 19. The Morgan fingerprint density at radius 3 is 1.17 bits per heavy atom. The number of nitrogens with two attached hydrogens (primary N) is 5. The molecule has 0 aromatic carbocycles. The summed E-state index contributed by atoms with van der Waals surface area (Å²) in [5, 5.41) is 11.4. The van der Waals surface area contributed by atoms with E-state index in [4.69, 9.17) is 66.6 Å². The second kappa shape index (κ2) is 48.9. The summed E-state index contributed by atoms with van der Waals surface area (Å²) in [6.45, 7) is 8.70. The van der Waals surface area contributed by atoms with E-state index in [1.807, 2.05) is 0 Å². The number of ether oxygens (including phenoxy) is 8. The molecular formula is C45H91N11O14. The first-order chi connectivity index (χ1) is 34.0. The van der Waals surface area contributed by atoms with Crippen LogP contribution in [0.3, 0.4) is 0 Å². The van der Waals surface area contributed by atoms with Gasteiger partial charge in [0.2, 0.25) is 35.4 Å². The van der Waals surface area contributed by atoms with Crippen LogP contribution in [-0.4, -0.2) is 236 Å². The van der Waals surface area contributed by atoms with Crippen LogP contribution >= 0.6 is 0 Å². The Bertz CT molecular complexity index is 1310. The van der Waals surface area contributed by atoms with Gasteiger partial charge in [-0.05, 0) is 45.6 Å². The second-order valence-electron chi connectivity index (χ2n) is 15.8. The molecule has 0 saturated carbocycles. The van der Waals surface area contributed by atoms with Crippen molar-refractivity contribution in [1.82, 2.24) is 31.1 Å². The van der Waals surface area contributed by atoms with Crippen molar-refractivity contribution in [2.24, 2.45) is 28.7 Å². The zero-order valence-corrected chi connectivity index (χ0v) is 42.1. The predicted molar refractivity (Wildman–Crippen MR) is 262 cm³/mol. The largest absolute Gasteiger partial charge is 0.379 e. The van der Waals surface area contributed by atoms with E-state index < -0.39 is 18.0 Å². The van der Waals surface area contributed by atoms with Crippen molar-refractivity contribution >= 4 is 35.4 Å². The molecule has 0 aliphatic heterocycles. The average Bonchev–Trinajstić information content (AvgIpc) is 3.34. The van der Waals surface area contributed by atoms with E-state index in [0.717, 1.165) is 0 Å². The number of nitrogens with one attached hydrogen (secondary N) is 4. The van der Waals surface area contributed by atoms with Crippen LogP contribution in [0.25, 0.3) is 0 Å². The molecule has 0 fully saturated rings. The molecule has 25 nitrogen and oxygen atoms in total. The molecule has 70 heavy (non-hydrogen) atoms. The summed E-state index contributed by atoms with van der Waals surface area (Å²) in [4.78, 5) is 78.8. The van der Waals surface area contributed by atoms with E-state index in [9.17, 15) is 28.8 Å². The summed E-state index contributed by atoms with van der Waals surface area (Å²) in [5.74, 6) is -1.53. The fraction of sp³-hybridized carbons (Fsp3) is 0.867. The first-order valence-electron chi connectivity index (χ1n) is 24.8. The molecule has 0 heterocycles. The van der Waals surface area contributed by atoms with Crippen molar-refractivity contribution in [1.29, 1.82) is 0 Å². The Morgan fingerprint density at radius 1 is 0.429 bits per heavy atom. The topological polar surface area (TPSA) is 361 Å². The summed E-state index contributed by atoms with van der Waals surface area (Å²) < 4.78 is 43.9. The molecule has 14 N–H and O–H groups in total. The molecule has 25 heteroatoms. The number of hydrogen-bond donors (Lipinski definition) is 9. The Balaban J connectivity index is 4.64. The van der Waals surface area contributed by atoms with Crippen LogP contribution in [0.1, 0.15) is 64.2 Å². The van der Waals surface area contributed by atoms with E-state index in [-0.39, 0.29) is 108 Å². The van der Waals surface area contributed by atoms with Crippen LogP contribution in [0.2, 0.25) is 0 Å². The van der Waals surface area contributed by atoms with Crippen LogP contribution in [0.4, 0.5) is 0 Å². The standard InChI is InChI=1S/C45H91N11O14/c1-51-38(44(50)61)6-2-5-17-53-45(62)39(54-41(58)9-23-64-35-37-66-25-11-43(60)56(20-32-69-28-14-48)21-33-70-29-15-49)7-3-4-16-52-40(57)8-22-63-34-36-65-24-10-42(59)55(18-30-67-26-12-46)19-31-68-27-13-47/h38-39,51H,2-37,46-49H2,1H3,(H2,50,61)(H,52,57)(H,53,62)(H,54,58). The summed E-state index contributed by atoms with van der Waals surface area (Å²) >= 11 is 0. The van der Waals surface area contributed by atoms with Crippen molar-refractivity contribution < 1.29 is 66.7 Å². The van der Waals surface area contributed by atoms with Gasteiger partial charge >= 0.3 is 0 Å². The zero-order valence-electron chi connectivity index (χ0n) is 42.1. The van der Waals surface area contributed by atoms with E-state index >= 15 is 0 Å². The monoisotopic (exact) mass is 1010 g/mol. The van der Waals surface area contributed by atoms with Crippen LogP contribution in [0.5, 0.6) is 0 Å². The van der Waals surface area contributed by atoms with E-state index in [2.05, 4.69) is 21.3 Å². The lowest BCUT2D eigenvalue weighted by Gasteiger charge is -2.22. The van der Waals surface area contributed by atoms with Crippen LogP contribution in [0, 0.1) is 0 Å². The lowest BCUT2D eigenvalue weighted by Crippen LogP contribution is -2.47. The molecule has 0 bridgehead atoms. The first kappa shape index (κ1) is 66.3. The van der Waals surface area contributed by atoms with Crippen molar-refractivity contribution in [3.05, 3.63) is 0 Å². The number of carbonyl (C=O) groups is 6. The van der Waals surface area contributed by atoms with Gasteiger partial charge in [-0.3, -0.25) is 28.8 Å². The number of carbonyl (C=O) groups excluding carboxylic acids is 6. The van der Waals surface area contributed by atoms with Gasteiger partial charge in [0.25, 0.3) is 0 Å². The number of rotatable bonds is 52. The van der Waals surface area contributed by atoms with Gasteiger partial charge in [-0.1, -0.05) is 0 Å². The summed E-state index contributed by atoms with van der Waals surface area (Å²) in [5.41, 5.74) is 27.3. The Kier molecular flexibility index (Phi) is 46.3. The van der Waals surface area contributed by atoms with E-state index in [0.29, 0.717) is 157 Å². The van der Waals surface area contributed by atoms with Gasteiger partial charge in [-0.2, -0.15) is 0 Å². The quantitative estimate of drug-likeness (QED) is 0.0265. The molecular weight excluding hydrogens is 919 g/mol. The van der Waals surface area contributed by atoms with Gasteiger partial charge < -0.3 is 97.6 Å². The van der Waals surface area contributed by atoms with Crippen LogP contribution < -0.4 is 49.9 Å². The molecule has 2 unspecified atom stereocenters. The zero-order chi connectivity index (χ0) is 51.7. The number of likely N-dealkylation sites (N-methyl/N-ethyl adjacent to an activating group) is 1. The molecule has 0 aromatic rings. The third-order valence-corrected chi connectivity index (χ3v) is 10.2. The molecule has 6 amide bonds. The van der Waals surface area contributed by atoms with Gasteiger partial charge in [0.1, 0.15) is 6.04 Å². The second-order valence-corrected chi connectivity index (χ2v) is 15.8. The SMILES string of the molecule is CNC(CCCCNC(=O)C(CCCCNC(=O)CCOCCOCCC(=O)N(CCOCCN)CCOCCN)NC(=O)CCOCCOCCC(=O)N(CCOCCN)CCOCCN)C(N)=O. The maximum atomic E-state index is 13.2. The highest BCUT2D eigenvalue weighted by molar-refractivity contribution is 5.87. The number of amides is 6. The molecule has 0 saturated heterocycles. The lowest BCUT2D eigenvalue weighted by atomic mass is 10.1. The minimum atomic E-state index is -0.812. The molecule has 0 aliphatic carbocycles. The summed E-state index contributed by atoms with van der Waals surface area (Å²) in [6, 6.07) is -1.27. The minimum absolute atomic E-state index is 0.00972.